The van der Waals surface area contributed by atoms with Crippen LogP contribution in [0.25, 0.3) is 0 Å². The summed E-state index contributed by atoms with van der Waals surface area (Å²) in [5.41, 5.74) is 0. The molecule has 0 heterocycles. The van der Waals surface area contributed by atoms with Crippen LogP contribution in [0.4, 0.5) is 0 Å². The first kappa shape index (κ1) is 19.5. The Hall–Kier alpha value is -0.490. The Kier molecular flexibility index (Phi) is 14.5. The number of ketones is 1. The van der Waals surface area contributed by atoms with Gasteiger partial charge in [-0.3, -0.25) is 4.79 Å². The van der Waals surface area contributed by atoms with Crippen LogP contribution in [-0.4, -0.2) is 57.1 Å². The first-order valence-corrected chi connectivity index (χ1v) is 7.56. The molecule has 0 aromatic carbocycles. The molecule has 0 aromatic heterocycles. The van der Waals surface area contributed by atoms with Gasteiger partial charge in [-0.15, -0.1) is 0 Å². The Morgan fingerprint density at radius 1 is 0.950 bits per heavy atom. The van der Waals surface area contributed by atoms with Crippen molar-refractivity contribution in [3.05, 3.63) is 0 Å². The second-order valence-corrected chi connectivity index (χ2v) is 4.80. The molecule has 0 aliphatic carbocycles. The third-order valence-corrected chi connectivity index (χ3v) is 3.05. The van der Waals surface area contributed by atoms with E-state index in [1.807, 2.05) is 0 Å². The minimum Gasteiger partial charge on any atom is -0.396 e. The lowest BCUT2D eigenvalue weighted by Gasteiger charge is -2.12. The van der Waals surface area contributed by atoms with Crippen molar-refractivity contribution >= 4 is 5.78 Å². The van der Waals surface area contributed by atoms with Gasteiger partial charge in [-0.25, -0.2) is 0 Å². The number of aliphatic hydroxyl groups is 1. The highest BCUT2D eigenvalue weighted by Crippen LogP contribution is 2.09. The smallest absolute Gasteiger partial charge is 0.133 e. The zero-order valence-corrected chi connectivity index (χ0v) is 12.9. The van der Waals surface area contributed by atoms with E-state index in [4.69, 9.17) is 19.3 Å². The molecule has 0 aliphatic rings. The molecule has 0 fully saturated rings. The number of rotatable bonds is 15. The van der Waals surface area contributed by atoms with Gasteiger partial charge >= 0.3 is 0 Å². The molecule has 120 valence electrons. The van der Waals surface area contributed by atoms with Crippen LogP contribution in [0.15, 0.2) is 0 Å². The summed E-state index contributed by atoms with van der Waals surface area (Å²) in [6.45, 7) is 7.35. The van der Waals surface area contributed by atoms with Crippen LogP contribution < -0.4 is 0 Å². The third-order valence-electron chi connectivity index (χ3n) is 3.05. The van der Waals surface area contributed by atoms with Crippen LogP contribution >= 0.6 is 0 Å². The lowest BCUT2D eigenvalue weighted by Crippen LogP contribution is -2.16. The van der Waals surface area contributed by atoms with E-state index in [0.29, 0.717) is 45.9 Å². The molecular formula is C15H30O5. The molecule has 1 atom stereocenters. The van der Waals surface area contributed by atoms with Gasteiger partial charge in [0.1, 0.15) is 5.78 Å². The molecule has 0 rings (SSSR count). The van der Waals surface area contributed by atoms with Crippen LogP contribution in [0, 0.1) is 5.92 Å². The SMILES string of the molecule is CCCCOCCOCCOCCC(CCO)C(C)=O. The van der Waals surface area contributed by atoms with E-state index in [1.165, 1.54) is 0 Å². The van der Waals surface area contributed by atoms with Crippen molar-refractivity contribution in [1.29, 1.82) is 0 Å². The van der Waals surface area contributed by atoms with Crippen LogP contribution in [-0.2, 0) is 19.0 Å². The van der Waals surface area contributed by atoms with E-state index < -0.39 is 0 Å². The van der Waals surface area contributed by atoms with Crippen molar-refractivity contribution in [3.63, 3.8) is 0 Å². The number of Topliss-reactive ketones (excluding diaryl/α,β-unsaturated/α-hetero) is 1. The fourth-order valence-electron chi connectivity index (χ4n) is 1.72. The summed E-state index contributed by atoms with van der Waals surface area (Å²) in [6.07, 6.45) is 3.42. The largest absolute Gasteiger partial charge is 0.396 e. The van der Waals surface area contributed by atoms with E-state index in [-0.39, 0.29) is 18.3 Å². The summed E-state index contributed by atoms with van der Waals surface area (Å²) in [7, 11) is 0. The molecule has 20 heavy (non-hydrogen) atoms. The maximum absolute atomic E-state index is 11.2. The number of hydrogen-bond acceptors (Lipinski definition) is 5. The molecule has 5 heteroatoms. The molecule has 0 bridgehead atoms. The summed E-state index contributed by atoms with van der Waals surface area (Å²) in [5, 5.41) is 8.84. The van der Waals surface area contributed by atoms with Gasteiger partial charge in [-0.2, -0.15) is 0 Å². The summed E-state index contributed by atoms with van der Waals surface area (Å²) < 4.78 is 16.1. The lowest BCUT2D eigenvalue weighted by molar-refractivity contribution is -0.121. The number of carbonyl (C=O) groups excluding carboxylic acids is 1. The fraction of sp³-hybridized carbons (Fsp3) is 0.933. The van der Waals surface area contributed by atoms with Gasteiger partial charge in [0.05, 0.1) is 26.4 Å². The normalized spacial score (nSPS) is 12.6. The third kappa shape index (κ3) is 12.5. The summed E-state index contributed by atoms with van der Waals surface area (Å²) >= 11 is 0. The highest BCUT2D eigenvalue weighted by Gasteiger charge is 2.12. The van der Waals surface area contributed by atoms with Gasteiger partial charge in [0, 0.05) is 25.7 Å². The van der Waals surface area contributed by atoms with Crippen molar-refractivity contribution in [2.75, 3.05) is 46.2 Å². The Balaban J connectivity index is 3.25. The number of unbranched alkanes of at least 4 members (excludes halogenated alkanes) is 1. The molecule has 1 N–H and O–H groups in total. The van der Waals surface area contributed by atoms with Crippen molar-refractivity contribution in [3.8, 4) is 0 Å². The second kappa shape index (κ2) is 14.9. The van der Waals surface area contributed by atoms with E-state index in [0.717, 1.165) is 19.4 Å². The second-order valence-electron chi connectivity index (χ2n) is 4.80. The molecule has 0 amide bonds. The van der Waals surface area contributed by atoms with E-state index in [1.54, 1.807) is 6.92 Å². The number of carbonyl (C=O) groups is 1. The minimum absolute atomic E-state index is 0.0470. The monoisotopic (exact) mass is 290 g/mol. The number of aliphatic hydroxyl groups excluding tert-OH is 1. The van der Waals surface area contributed by atoms with Crippen molar-refractivity contribution in [1.82, 2.24) is 0 Å². The minimum atomic E-state index is -0.0899. The van der Waals surface area contributed by atoms with E-state index in [9.17, 15) is 4.79 Å². The van der Waals surface area contributed by atoms with Crippen LogP contribution in [0.2, 0.25) is 0 Å². The van der Waals surface area contributed by atoms with Gasteiger partial charge in [0.25, 0.3) is 0 Å². The fourth-order valence-corrected chi connectivity index (χ4v) is 1.72. The van der Waals surface area contributed by atoms with Crippen molar-refractivity contribution in [2.24, 2.45) is 5.92 Å². The number of hydrogen-bond donors (Lipinski definition) is 1. The van der Waals surface area contributed by atoms with E-state index in [2.05, 4.69) is 6.92 Å². The standard InChI is InChI=1S/C15H30O5/c1-3-4-8-18-10-12-20-13-11-19-9-6-15(5-7-16)14(2)17/h15-16H,3-13H2,1-2H3. The van der Waals surface area contributed by atoms with Crippen molar-refractivity contribution in [2.45, 2.75) is 39.5 Å². The molecule has 0 saturated heterocycles. The molecule has 0 saturated carbocycles. The predicted octanol–water partition coefficient (Wildman–Crippen LogP) is 1.81. The summed E-state index contributed by atoms with van der Waals surface area (Å²) in [4.78, 5) is 11.2. The average Bonchev–Trinajstić information content (AvgIpc) is 2.43. The maximum atomic E-state index is 11.2. The highest BCUT2D eigenvalue weighted by molar-refractivity contribution is 5.78. The Morgan fingerprint density at radius 3 is 2.00 bits per heavy atom. The van der Waals surface area contributed by atoms with Gasteiger partial charge in [-0.05, 0) is 26.2 Å². The Labute approximate surface area is 122 Å². The average molecular weight is 290 g/mol. The van der Waals surface area contributed by atoms with E-state index >= 15 is 0 Å². The van der Waals surface area contributed by atoms with Gasteiger partial charge < -0.3 is 19.3 Å². The molecule has 0 radical (unpaired) electrons. The molecule has 0 aliphatic heterocycles. The molecule has 0 aromatic rings. The number of ether oxygens (including phenoxy) is 3. The predicted molar refractivity (Wildman–Crippen MR) is 77.9 cm³/mol. The molecule has 0 spiro atoms. The van der Waals surface area contributed by atoms with Gasteiger partial charge in [0.15, 0.2) is 0 Å². The van der Waals surface area contributed by atoms with Crippen molar-refractivity contribution < 1.29 is 24.1 Å². The van der Waals surface area contributed by atoms with Crippen LogP contribution in [0.3, 0.4) is 0 Å². The summed E-state index contributed by atoms with van der Waals surface area (Å²) in [6, 6.07) is 0. The zero-order valence-electron chi connectivity index (χ0n) is 12.9. The van der Waals surface area contributed by atoms with Gasteiger partial charge in [0.2, 0.25) is 0 Å². The first-order chi connectivity index (χ1) is 9.72. The maximum Gasteiger partial charge on any atom is 0.133 e. The lowest BCUT2D eigenvalue weighted by atomic mass is 9.98. The highest BCUT2D eigenvalue weighted by atomic mass is 16.5. The Morgan fingerprint density at radius 2 is 1.50 bits per heavy atom. The van der Waals surface area contributed by atoms with Crippen LogP contribution in [0.1, 0.15) is 39.5 Å². The molecule has 5 nitrogen and oxygen atoms in total. The quantitative estimate of drug-likeness (QED) is 0.466. The van der Waals surface area contributed by atoms with Crippen LogP contribution in [0.5, 0.6) is 0 Å². The topological polar surface area (TPSA) is 65.0 Å². The first-order valence-electron chi connectivity index (χ1n) is 7.56. The summed E-state index contributed by atoms with van der Waals surface area (Å²) in [5.74, 6) is 0.0241. The molecule has 1 unspecified atom stereocenters. The van der Waals surface area contributed by atoms with Gasteiger partial charge in [-0.1, -0.05) is 13.3 Å². The zero-order chi connectivity index (χ0) is 15.1. The Bertz CT molecular complexity index is 220. The molecular weight excluding hydrogens is 260 g/mol.